The number of rotatable bonds is 8. The van der Waals surface area contributed by atoms with Gasteiger partial charge in [-0.3, -0.25) is 14.9 Å². The zero-order valence-electron chi connectivity index (χ0n) is 14.6. The molecule has 9 heteroatoms. The van der Waals surface area contributed by atoms with Gasteiger partial charge in [-0.2, -0.15) is 0 Å². The van der Waals surface area contributed by atoms with Gasteiger partial charge < -0.3 is 20.1 Å². The number of amides is 1. The van der Waals surface area contributed by atoms with Crippen molar-refractivity contribution in [3.05, 3.63) is 58.6 Å². The van der Waals surface area contributed by atoms with Gasteiger partial charge in [0.1, 0.15) is 17.2 Å². The Bertz CT molecular complexity index is 814. The number of benzene rings is 2. The smallest absolute Gasteiger partial charge is 0.296 e. The molecule has 0 aliphatic rings. The lowest BCUT2D eigenvalue weighted by atomic mass is 10.2. The van der Waals surface area contributed by atoms with Gasteiger partial charge in [-0.25, -0.2) is 0 Å². The summed E-state index contributed by atoms with van der Waals surface area (Å²) in [6.45, 7) is 0.390. The fourth-order valence-electron chi connectivity index (χ4n) is 2.18. The van der Waals surface area contributed by atoms with Crippen LogP contribution < -0.4 is 20.1 Å². The van der Waals surface area contributed by atoms with Crippen LogP contribution >= 0.6 is 12.2 Å². The van der Waals surface area contributed by atoms with Gasteiger partial charge in [0, 0.05) is 6.42 Å². The van der Waals surface area contributed by atoms with Gasteiger partial charge in [0.2, 0.25) is 5.91 Å². The Labute approximate surface area is 161 Å². The van der Waals surface area contributed by atoms with E-state index in [0.29, 0.717) is 18.8 Å². The maximum absolute atomic E-state index is 11.9. The lowest BCUT2D eigenvalue weighted by Gasteiger charge is -2.11. The number of carbonyl (C=O) groups excluding carboxylic acids is 1. The van der Waals surface area contributed by atoms with Crippen LogP contribution in [0.4, 0.5) is 11.4 Å². The van der Waals surface area contributed by atoms with Crippen LogP contribution in [0.15, 0.2) is 48.5 Å². The molecule has 0 atom stereocenters. The molecule has 2 aromatic carbocycles. The Kier molecular flexibility index (Phi) is 7.50. The Morgan fingerprint density at radius 3 is 2.59 bits per heavy atom. The summed E-state index contributed by atoms with van der Waals surface area (Å²) in [6.07, 6.45) is 0.714. The summed E-state index contributed by atoms with van der Waals surface area (Å²) in [6, 6.07) is 13.6. The van der Waals surface area contributed by atoms with Crippen LogP contribution in [0.2, 0.25) is 0 Å². The predicted molar refractivity (Wildman–Crippen MR) is 105 cm³/mol. The number of methoxy groups -OCH3 is 1. The van der Waals surface area contributed by atoms with Crippen molar-refractivity contribution in [3.8, 4) is 11.5 Å². The average Bonchev–Trinajstić information content (AvgIpc) is 2.66. The van der Waals surface area contributed by atoms with E-state index >= 15 is 0 Å². The van der Waals surface area contributed by atoms with Crippen molar-refractivity contribution in [1.29, 1.82) is 0 Å². The second-order valence-corrected chi connectivity index (χ2v) is 5.82. The number of carbonyl (C=O) groups is 1. The predicted octanol–water partition coefficient (Wildman–Crippen LogP) is 3.28. The van der Waals surface area contributed by atoms with E-state index < -0.39 is 4.92 Å². The van der Waals surface area contributed by atoms with E-state index in [4.69, 9.17) is 21.7 Å². The van der Waals surface area contributed by atoms with Gasteiger partial charge in [-0.05, 0) is 42.9 Å². The van der Waals surface area contributed by atoms with Crippen LogP contribution in [-0.4, -0.2) is 29.7 Å². The molecule has 0 saturated carbocycles. The van der Waals surface area contributed by atoms with Gasteiger partial charge in [0.05, 0.1) is 24.7 Å². The van der Waals surface area contributed by atoms with E-state index in [-0.39, 0.29) is 28.8 Å². The number of hydrogen-bond acceptors (Lipinski definition) is 6. The van der Waals surface area contributed by atoms with Crippen molar-refractivity contribution in [2.24, 2.45) is 0 Å². The minimum atomic E-state index is -0.559. The Morgan fingerprint density at radius 2 is 1.93 bits per heavy atom. The highest BCUT2D eigenvalue weighted by Crippen LogP contribution is 2.28. The third-order valence-electron chi connectivity index (χ3n) is 3.46. The highest BCUT2D eigenvalue weighted by atomic mass is 32.1. The molecule has 0 radical (unpaired) electrons. The van der Waals surface area contributed by atoms with Crippen molar-refractivity contribution < 1.29 is 19.2 Å². The standard InChI is InChI=1S/C18H19N3O5S/c1-25-14-9-10-15(16(12-14)21(23)24)19-18(27)20-17(22)8-5-11-26-13-6-3-2-4-7-13/h2-4,6-7,9-10,12H,5,8,11H2,1H3,(H2,19,20,22,27). The molecule has 0 unspecified atom stereocenters. The molecule has 0 spiro atoms. The number of anilines is 1. The number of nitro benzene ring substituents is 1. The van der Waals surface area contributed by atoms with Crippen molar-refractivity contribution in [1.82, 2.24) is 5.32 Å². The highest BCUT2D eigenvalue weighted by Gasteiger charge is 2.16. The first-order valence-electron chi connectivity index (χ1n) is 8.10. The van der Waals surface area contributed by atoms with Crippen molar-refractivity contribution >= 4 is 34.6 Å². The molecule has 1 amide bonds. The monoisotopic (exact) mass is 389 g/mol. The number of nitro groups is 1. The van der Waals surface area contributed by atoms with Crippen LogP contribution in [0.1, 0.15) is 12.8 Å². The molecule has 2 rings (SSSR count). The van der Waals surface area contributed by atoms with Gasteiger partial charge in [0.15, 0.2) is 5.11 Å². The average molecular weight is 389 g/mol. The van der Waals surface area contributed by atoms with Crippen molar-refractivity contribution in [2.75, 3.05) is 19.0 Å². The maximum atomic E-state index is 11.9. The lowest BCUT2D eigenvalue weighted by Crippen LogP contribution is -2.34. The Morgan fingerprint density at radius 1 is 1.19 bits per heavy atom. The van der Waals surface area contributed by atoms with Crippen LogP contribution in [-0.2, 0) is 4.79 Å². The van der Waals surface area contributed by atoms with E-state index in [1.807, 2.05) is 30.3 Å². The number of ether oxygens (including phenoxy) is 2. The second kappa shape index (κ2) is 10.1. The van der Waals surface area contributed by atoms with E-state index in [2.05, 4.69) is 10.6 Å². The molecule has 2 N–H and O–H groups in total. The van der Waals surface area contributed by atoms with E-state index in [9.17, 15) is 14.9 Å². The summed E-state index contributed by atoms with van der Waals surface area (Å²) in [5.41, 5.74) is -0.0410. The molecule has 0 aliphatic carbocycles. The molecule has 0 aliphatic heterocycles. The van der Waals surface area contributed by atoms with Gasteiger partial charge in [-0.1, -0.05) is 18.2 Å². The lowest BCUT2D eigenvalue weighted by molar-refractivity contribution is -0.384. The summed E-state index contributed by atoms with van der Waals surface area (Å²) in [5, 5.41) is 16.3. The fourth-order valence-corrected chi connectivity index (χ4v) is 2.40. The topological polar surface area (TPSA) is 103 Å². The SMILES string of the molecule is COc1ccc(NC(=S)NC(=O)CCCOc2ccccc2)c([N+](=O)[O-])c1. The van der Waals surface area contributed by atoms with E-state index in [0.717, 1.165) is 5.75 Å². The fraction of sp³-hybridized carbons (Fsp3) is 0.222. The third-order valence-corrected chi connectivity index (χ3v) is 3.67. The molecule has 0 saturated heterocycles. The molecular formula is C18H19N3O5S. The van der Waals surface area contributed by atoms with Crippen LogP contribution in [0.3, 0.4) is 0 Å². The molecule has 8 nitrogen and oxygen atoms in total. The van der Waals surface area contributed by atoms with Crippen LogP contribution in [0.25, 0.3) is 0 Å². The first-order chi connectivity index (χ1) is 13.0. The third kappa shape index (κ3) is 6.55. The second-order valence-electron chi connectivity index (χ2n) is 5.41. The molecule has 0 aromatic heterocycles. The van der Waals surface area contributed by atoms with Gasteiger partial charge >= 0.3 is 0 Å². The number of para-hydroxylation sites is 1. The molecular weight excluding hydrogens is 370 g/mol. The summed E-state index contributed by atoms with van der Waals surface area (Å²) < 4.78 is 10.5. The molecule has 0 bridgehead atoms. The summed E-state index contributed by atoms with van der Waals surface area (Å²) in [7, 11) is 1.42. The maximum Gasteiger partial charge on any atom is 0.296 e. The number of nitrogens with one attached hydrogen (secondary N) is 2. The van der Waals surface area contributed by atoms with Crippen LogP contribution in [0, 0.1) is 10.1 Å². The molecule has 0 fully saturated rings. The van der Waals surface area contributed by atoms with E-state index in [1.54, 1.807) is 6.07 Å². The summed E-state index contributed by atoms with van der Waals surface area (Å²) in [4.78, 5) is 22.5. The molecule has 142 valence electrons. The van der Waals surface area contributed by atoms with Gasteiger partial charge in [-0.15, -0.1) is 0 Å². The summed E-state index contributed by atoms with van der Waals surface area (Å²) >= 11 is 5.05. The Hall–Kier alpha value is -3.20. The Balaban J connectivity index is 1.79. The normalized spacial score (nSPS) is 9.96. The van der Waals surface area contributed by atoms with Crippen molar-refractivity contribution in [3.63, 3.8) is 0 Å². The quantitative estimate of drug-likeness (QED) is 0.309. The molecule has 2 aromatic rings. The number of hydrogen-bond donors (Lipinski definition) is 2. The summed E-state index contributed by atoms with van der Waals surface area (Å²) in [5.74, 6) is 0.780. The van der Waals surface area contributed by atoms with E-state index in [1.165, 1.54) is 19.2 Å². The minimum Gasteiger partial charge on any atom is -0.496 e. The zero-order valence-corrected chi connectivity index (χ0v) is 15.5. The molecule has 27 heavy (non-hydrogen) atoms. The van der Waals surface area contributed by atoms with Crippen molar-refractivity contribution in [2.45, 2.75) is 12.8 Å². The first kappa shape index (κ1) is 20.1. The van der Waals surface area contributed by atoms with Gasteiger partial charge in [0.25, 0.3) is 5.69 Å². The number of thiocarbonyl (C=S) groups is 1. The zero-order chi connectivity index (χ0) is 19.6. The number of nitrogens with zero attached hydrogens (tertiary/aromatic N) is 1. The first-order valence-corrected chi connectivity index (χ1v) is 8.51. The highest BCUT2D eigenvalue weighted by molar-refractivity contribution is 7.80. The minimum absolute atomic E-state index is 0.0164. The largest absolute Gasteiger partial charge is 0.496 e. The van der Waals surface area contributed by atoms with Crippen LogP contribution in [0.5, 0.6) is 11.5 Å². The molecule has 0 heterocycles.